The molecule has 3 rings (SSSR count). The predicted octanol–water partition coefficient (Wildman–Crippen LogP) is 3.94. The van der Waals surface area contributed by atoms with Crippen LogP contribution >= 0.6 is 0 Å². The number of ketones is 1. The Hall–Kier alpha value is -3.08. The van der Waals surface area contributed by atoms with Crippen molar-refractivity contribution in [2.75, 3.05) is 6.61 Å². The number of aryl methyl sites for hydroxylation is 1. The minimum Gasteiger partial charge on any atom is -0.479 e. The summed E-state index contributed by atoms with van der Waals surface area (Å²) in [7, 11) is 0. The first kappa shape index (κ1) is 17.7. The summed E-state index contributed by atoms with van der Waals surface area (Å²) in [5.41, 5.74) is 2.50. The molecule has 134 valence electrons. The molecule has 26 heavy (non-hydrogen) atoms. The summed E-state index contributed by atoms with van der Waals surface area (Å²) in [6, 6.07) is 12.7. The van der Waals surface area contributed by atoms with E-state index in [0.29, 0.717) is 23.7 Å². The first-order chi connectivity index (χ1) is 12.5. The second-order valence-electron chi connectivity index (χ2n) is 6.02. The summed E-state index contributed by atoms with van der Waals surface area (Å²) in [5.74, 6) is 0.505. The Morgan fingerprint density at radius 1 is 1.19 bits per heavy atom. The van der Waals surface area contributed by atoms with Crippen molar-refractivity contribution in [3.05, 3.63) is 64.9 Å². The molecule has 0 fully saturated rings. The van der Waals surface area contributed by atoms with Crippen LogP contribution in [0.3, 0.4) is 0 Å². The Morgan fingerprint density at radius 2 is 1.92 bits per heavy atom. The Labute approximate surface area is 152 Å². The number of allylic oxidation sites excluding steroid dienone is 1. The number of benzene rings is 2. The zero-order valence-corrected chi connectivity index (χ0v) is 14.9. The first-order valence-electron chi connectivity index (χ1n) is 8.46. The third-order valence-electron chi connectivity index (χ3n) is 3.95. The molecule has 0 saturated heterocycles. The molecule has 0 radical (unpaired) electrons. The van der Waals surface area contributed by atoms with Crippen LogP contribution in [-0.2, 0) is 9.53 Å². The fourth-order valence-corrected chi connectivity index (χ4v) is 2.57. The van der Waals surface area contributed by atoms with Crippen molar-refractivity contribution >= 4 is 17.8 Å². The monoisotopic (exact) mass is 352 g/mol. The van der Waals surface area contributed by atoms with E-state index < -0.39 is 12.1 Å². The van der Waals surface area contributed by atoms with E-state index in [1.165, 1.54) is 0 Å². The fraction of sp³-hybridized carbons (Fsp3) is 0.238. The van der Waals surface area contributed by atoms with Gasteiger partial charge in [-0.25, -0.2) is 4.79 Å². The lowest BCUT2D eigenvalue weighted by Gasteiger charge is -2.13. The lowest BCUT2D eigenvalue weighted by atomic mass is 10.1. The lowest BCUT2D eigenvalue weighted by Crippen LogP contribution is -2.26. The Kier molecular flexibility index (Phi) is 5.07. The highest BCUT2D eigenvalue weighted by molar-refractivity contribution is 6.14. The van der Waals surface area contributed by atoms with Crippen molar-refractivity contribution in [2.45, 2.75) is 26.9 Å². The maximum Gasteiger partial charge on any atom is 0.347 e. The Bertz CT molecular complexity index is 864. The smallest absolute Gasteiger partial charge is 0.347 e. The molecule has 2 aromatic carbocycles. The normalized spacial score (nSPS) is 15.3. The van der Waals surface area contributed by atoms with Gasteiger partial charge in [0.25, 0.3) is 0 Å². The van der Waals surface area contributed by atoms with Gasteiger partial charge in [-0.2, -0.15) is 0 Å². The summed E-state index contributed by atoms with van der Waals surface area (Å²) < 4.78 is 16.2. The van der Waals surface area contributed by atoms with Gasteiger partial charge < -0.3 is 14.2 Å². The molecule has 5 nitrogen and oxygen atoms in total. The van der Waals surface area contributed by atoms with Crippen LogP contribution in [0.2, 0.25) is 0 Å². The van der Waals surface area contributed by atoms with Gasteiger partial charge in [0.1, 0.15) is 11.5 Å². The van der Waals surface area contributed by atoms with Crippen LogP contribution in [0.15, 0.2) is 48.2 Å². The van der Waals surface area contributed by atoms with Crippen LogP contribution in [-0.4, -0.2) is 24.5 Å². The van der Waals surface area contributed by atoms with Crippen molar-refractivity contribution in [2.24, 2.45) is 0 Å². The zero-order valence-electron chi connectivity index (χ0n) is 14.9. The number of ether oxygens (including phenoxy) is 3. The Balaban J connectivity index is 1.77. The van der Waals surface area contributed by atoms with Gasteiger partial charge >= 0.3 is 5.97 Å². The summed E-state index contributed by atoms with van der Waals surface area (Å²) >= 11 is 0. The minimum absolute atomic E-state index is 0.175. The van der Waals surface area contributed by atoms with E-state index in [0.717, 1.165) is 11.1 Å². The average Bonchev–Trinajstić information content (AvgIpc) is 2.92. The molecule has 0 bridgehead atoms. The van der Waals surface area contributed by atoms with Crippen LogP contribution < -0.4 is 9.47 Å². The molecule has 5 heteroatoms. The molecule has 0 amide bonds. The van der Waals surface area contributed by atoms with Crippen molar-refractivity contribution in [1.82, 2.24) is 0 Å². The Morgan fingerprint density at radius 3 is 2.62 bits per heavy atom. The highest BCUT2D eigenvalue weighted by Crippen LogP contribution is 2.35. The van der Waals surface area contributed by atoms with Gasteiger partial charge in [0.05, 0.1) is 12.2 Å². The first-order valence-corrected chi connectivity index (χ1v) is 8.46. The molecule has 2 aromatic rings. The molecule has 0 unspecified atom stereocenters. The third-order valence-corrected chi connectivity index (χ3v) is 3.95. The summed E-state index contributed by atoms with van der Waals surface area (Å²) in [5, 5.41) is 0. The lowest BCUT2D eigenvalue weighted by molar-refractivity contribution is -0.150. The topological polar surface area (TPSA) is 61.8 Å². The molecule has 1 atom stereocenters. The van der Waals surface area contributed by atoms with Gasteiger partial charge in [-0.1, -0.05) is 29.8 Å². The largest absolute Gasteiger partial charge is 0.479 e. The molecule has 0 spiro atoms. The molecule has 1 aliphatic heterocycles. The average molecular weight is 352 g/mol. The number of hydrogen-bond donors (Lipinski definition) is 0. The van der Waals surface area contributed by atoms with Gasteiger partial charge in [0.15, 0.2) is 11.9 Å². The van der Waals surface area contributed by atoms with Crippen LogP contribution in [0.4, 0.5) is 0 Å². The standard InChI is InChI=1S/C21H20O5/c1-4-24-21(23)14(3)25-16-9-10-17-18(12-16)26-19(20(17)22)11-15-7-5-13(2)6-8-15/h5-12,14H,4H2,1-3H3/b19-11-/t14-/m1/s1. The molecule has 0 saturated carbocycles. The highest BCUT2D eigenvalue weighted by atomic mass is 16.6. The molecular formula is C21H20O5. The molecule has 0 aromatic heterocycles. The van der Waals surface area contributed by atoms with Crippen molar-refractivity contribution in [1.29, 1.82) is 0 Å². The second-order valence-corrected chi connectivity index (χ2v) is 6.02. The highest BCUT2D eigenvalue weighted by Gasteiger charge is 2.28. The minimum atomic E-state index is -0.743. The number of hydrogen-bond acceptors (Lipinski definition) is 5. The predicted molar refractivity (Wildman–Crippen MR) is 97.3 cm³/mol. The summed E-state index contributed by atoms with van der Waals surface area (Å²) in [4.78, 5) is 24.2. The number of carbonyl (C=O) groups excluding carboxylic acids is 2. The van der Waals surface area contributed by atoms with Gasteiger partial charge in [-0.3, -0.25) is 4.79 Å². The maximum absolute atomic E-state index is 12.5. The van der Waals surface area contributed by atoms with Crippen LogP contribution in [0.1, 0.15) is 35.3 Å². The van der Waals surface area contributed by atoms with E-state index in [-0.39, 0.29) is 11.5 Å². The number of rotatable bonds is 5. The maximum atomic E-state index is 12.5. The van der Waals surface area contributed by atoms with Gasteiger partial charge in [0.2, 0.25) is 5.78 Å². The molecule has 0 N–H and O–H groups in total. The summed E-state index contributed by atoms with van der Waals surface area (Å²) in [6.07, 6.45) is 0.969. The van der Waals surface area contributed by atoms with Crippen molar-refractivity contribution in [3.63, 3.8) is 0 Å². The van der Waals surface area contributed by atoms with Crippen molar-refractivity contribution < 1.29 is 23.8 Å². The van der Waals surface area contributed by atoms with Crippen LogP contribution in [0, 0.1) is 6.92 Å². The van der Waals surface area contributed by atoms with Crippen LogP contribution in [0.5, 0.6) is 11.5 Å². The third kappa shape index (κ3) is 3.77. The number of esters is 1. The molecule has 0 aliphatic carbocycles. The summed E-state index contributed by atoms with van der Waals surface area (Å²) in [6.45, 7) is 5.64. The fourth-order valence-electron chi connectivity index (χ4n) is 2.57. The molecule has 1 aliphatic rings. The van der Waals surface area contributed by atoms with Gasteiger partial charge in [-0.05, 0) is 44.5 Å². The quantitative estimate of drug-likeness (QED) is 0.602. The van der Waals surface area contributed by atoms with Crippen LogP contribution in [0.25, 0.3) is 6.08 Å². The molecular weight excluding hydrogens is 332 g/mol. The second kappa shape index (κ2) is 7.44. The SMILES string of the molecule is CCOC(=O)[C@@H](C)Oc1ccc2c(c1)O/C(=C\c1ccc(C)cc1)C2=O. The van der Waals surface area contributed by atoms with E-state index in [2.05, 4.69) is 0 Å². The van der Waals surface area contributed by atoms with E-state index >= 15 is 0 Å². The molecule has 1 heterocycles. The van der Waals surface area contributed by atoms with E-state index in [1.54, 1.807) is 38.1 Å². The van der Waals surface area contributed by atoms with Crippen molar-refractivity contribution in [3.8, 4) is 11.5 Å². The van der Waals surface area contributed by atoms with E-state index in [9.17, 15) is 9.59 Å². The zero-order chi connectivity index (χ0) is 18.7. The van der Waals surface area contributed by atoms with E-state index in [1.807, 2.05) is 31.2 Å². The van der Waals surface area contributed by atoms with Gasteiger partial charge in [-0.15, -0.1) is 0 Å². The number of Topliss-reactive ketones (excluding diaryl/α,β-unsaturated/α-hetero) is 1. The van der Waals surface area contributed by atoms with E-state index in [4.69, 9.17) is 14.2 Å². The number of carbonyl (C=O) groups is 2. The number of fused-ring (bicyclic) bond motifs is 1. The van der Waals surface area contributed by atoms with Gasteiger partial charge in [0, 0.05) is 6.07 Å².